The second kappa shape index (κ2) is 8.36. The van der Waals surface area contributed by atoms with Crippen molar-refractivity contribution in [2.24, 2.45) is 5.92 Å². The molecule has 0 radical (unpaired) electrons. The number of hydrogen-bond donors (Lipinski definition) is 3. The Balaban J connectivity index is 2.04. The zero-order valence-corrected chi connectivity index (χ0v) is 11.6. The maximum absolute atomic E-state index is 9.63. The number of aromatic nitrogens is 2. The van der Waals surface area contributed by atoms with Crippen LogP contribution in [0.25, 0.3) is 0 Å². The van der Waals surface area contributed by atoms with Crippen LogP contribution < -0.4 is 10.1 Å². The lowest BCUT2D eigenvalue weighted by Crippen LogP contribution is -2.36. The first kappa shape index (κ1) is 15.3. The van der Waals surface area contributed by atoms with E-state index >= 15 is 0 Å². The fourth-order valence-corrected chi connectivity index (χ4v) is 1.87. The second-order valence-corrected chi connectivity index (χ2v) is 5.21. The van der Waals surface area contributed by atoms with E-state index in [0.29, 0.717) is 24.9 Å². The summed E-state index contributed by atoms with van der Waals surface area (Å²) in [6, 6.07) is 0. The molecule has 1 rings (SSSR count). The summed E-state index contributed by atoms with van der Waals surface area (Å²) < 4.78 is 12.9. The van der Waals surface area contributed by atoms with Gasteiger partial charge in [0.2, 0.25) is 5.88 Å². The summed E-state index contributed by atoms with van der Waals surface area (Å²) in [5.74, 6) is 0.895. The number of rotatable bonds is 9. The van der Waals surface area contributed by atoms with E-state index in [2.05, 4.69) is 27.9 Å². The third-order valence-corrected chi connectivity index (χ3v) is 2.73. The van der Waals surface area contributed by atoms with Crippen molar-refractivity contribution in [1.29, 1.82) is 0 Å². The standard InChI is InChI=1S/C11H21N3O3S/c1-8(2)3-9(15)4-12-5-10(16)7-17-11-6-13-18-14-11/h6,8-10,12,15-16H,3-5,7H2,1-2H3. The van der Waals surface area contributed by atoms with Gasteiger partial charge in [-0.1, -0.05) is 13.8 Å². The van der Waals surface area contributed by atoms with Crippen molar-refractivity contribution in [3.8, 4) is 5.88 Å². The van der Waals surface area contributed by atoms with Gasteiger partial charge in [0.25, 0.3) is 0 Å². The molecule has 0 spiro atoms. The van der Waals surface area contributed by atoms with E-state index < -0.39 is 6.10 Å². The second-order valence-electron chi connectivity index (χ2n) is 4.65. The van der Waals surface area contributed by atoms with Crippen molar-refractivity contribution in [2.45, 2.75) is 32.5 Å². The number of aliphatic hydroxyl groups is 2. The van der Waals surface area contributed by atoms with Crippen LogP contribution in [-0.4, -0.2) is 50.9 Å². The normalized spacial score (nSPS) is 14.7. The molecule has 1 aromatic heterocycles. The van der Waals surface area contributed by atoms with Gasteiger partial charge < -0.3 is 20.3 Å². The molecular weight excluding hydrogens is 254 g/mol. The molecule has 6 nitrogen and oxygen atoms in total. The summed E-state index contributed by atoms with van der Waals surface area (Å²) in [4.78, 5) is 0. The lowest BCUT2D eigenvalue weighted by molar-refractivity contribution is 0.0950. The maximum Gasteiger partial charge on any atom is 0.245 e. The topological polar surface area (TPSA) is 87.5 Å². The molecule has 0 saturated carbocycles. The molecule has 0 amide bonds. The summed E-state index contributed by atoms with van der Waals surface area (Å²) in [6.07, 6.45) is 1.26. The number of nitrogens with one attached hydrogen (secondary N) is 1. The molecule has 0 saturated heterocycles. The minimum atomic E-state index is -0.627. The zero-order chi connectivity index (χ0) is 13.4. The van der Waals surface area contributed by atoms with E-state index in [1.165, 1.54) is 6.20 Å². The van der Waals surface area contributed by atoms with Crippen LogP contribution in [0.2, 0.25) is 0 Å². The van der Waals surface area contributed by atoms with Gasteiger partial charge in [-0.2, -0.15) is 4.37 Å². The maximum atomic E-state index is 9.63. The van der Waals surface area contributed by atoms with E-state index in [4.69, 9.17) is 4.74 Å². The van der Waals surface area contributed by atoms with Gasteiger partial charge in [0, 0.05) is 13.1 Å². The fraction of sp³-hybridized carbons (Fsp3) is 0.818. The minimum Gasteiger partial charge on any atom is -0.473 e. The summed E-state index contributed by atoms with van der Waals surface area (Å²) in [5, 5.41) is 22.3. The van der Waals surface area contributed by atoms with E-state index in [1.54, 1.807) is 0 Å². The Kier molecular flexibility index (Phi) is 7.11. The summed E-state index contributed by atoms with van der Waals surface area (Å²) in [7, 11) is 0. The van der Waals surface area contributed by atoms with Crippen molar-refractivity contribution in [2.75, 3.05) is 19.7 Å². The van der Waals surface area contributed by atoms with Gasteiger partial charge in [0.05, 0.1) is 17.8 Å². The predicted molar refractivity (Wildman–Crippen MR) is 69.7 cm³/mol. The first-order valence-electron chi connectivity index (χ1n) is 6.05. The highest BCUT2D eigenvalue weighted by Crippen LogP contribution is 2.05. The van der Waals surface area contributed by atoms with Crippen LogP contribution in [0, 0.1) is 5.92 Å². The van der Waals surface area contributed by atoms with E-state index in [-0.39, 0.29) is 12.7 Å². The third kappa shape index (κ3) is 6.85. The fourth-order valence-electron chi connectivity index (χ4n) is 1.50. The Bertz CT molecular complexity index is 308. The smallest absolute Gasteiger partial charge is 0.245 e. The zero-order valence-electron chi connectivity index (χ0n) is 10.7. The predicted octanol–water partition coefficient (Wildman–Crippen LogP) is 0.274. The van der Waals surface area contributed by atoms with E-state index in [0.717, 1.165) is 18.1 Å². The first-order chi connectivity index (χ1) is 8.58. The highest BCUT2D eigenvalue weighted by molar-refractivity contribution is 6.99. The van der Waals surface area contributed by atoms with Crippen LogP contribution in [0.4, 0.5) is 0 Å². The van der Waals surface area contributed by atoms with Gasteiger partial charge in [0.15, 0.2) is 0 Å². The molecule has 1 aromatic rings. The molecule has 3 N–H and O–H groups in total. The van der Waals surface area contributed by atoms with Crippen LogP contribution in [0.1, 0.15) is 20.3 Å². The molecule has 0 aliphatic rings. The molecule has 104 valence electrons. The lowest BCUT2D eigenvalue weighted by Gasteiger charge is -2.16. The monoisotopic (exact) mass is 275 g/mol. The van der Waals surface area contributed by atoms with Crippen LogP contribution in [0.3, 0.4) is 0 Å². The van der Waals surface area contributed by atoms with Crippen molar-refractivity contribution in [3.63, 3.8) is 0 Å². The Hall–Kier alpha value is -0.760. The molecular formula is C11H21N3O3S. The molecule has 2 atom stereocenters. The molecule has 0 aliphatic heterocycles. The largest absolute Gasteiger partial charge is 0.473 e. The highest BCUT2D eigenvalue weighted by Gasteiger charge is 2.09. The van der Waals surface area contributed by atoms with Gasteiger partial charge in [-0.25, -0.2) is 0 Å². The molecule has 0 fully saturated rings. The van der Waals surface area contributed by atoms with Crippen LogP contribution in [-0.2, 0) is 0 Å². The van der Waals surface area contributed by atoms with Gasteiger partial charge in [-0.05, 0) is 12.3 Å². The number of nitrogens with zero attached hydrogens (tertiary/aromatic N) is 2. The summed E-state index contributed by atoms with van der Waals surface area (Å²) in [6.45, 7) is 5.15. The van der Waals surface area contributed by atoms with Gasteiger partial charge in [0.1, 0.15) is 18.9 Å². The number of hydrogen-bond acceptors (Lipinski definition) is 7. The van der Waals surface area contributed by atoms with Crippen molar-refractivity contribution in [3.05, 3.63) is 6.20 Å². The molecule has 0 aromatic carbocycles. The van der Waals surface area contributed by atoms with Crippen molar-refractivity contribution in [1.82, 2.24) is 14.1 Å². The first-order valence-corrected chi connectivity index (χ1v) is 6.78. The molecule has 7 heteroatoms. The Labute approximate surface area is 111 Å². The number of ether oxygens (including phenoxy) is 1. The summed E-state index contributed by atoms with van der Waals surface area (Å²) >= 11 is 1.06. The van der Waals surface area contributed by atoms with Crippen LogP contribution >= 0.6 is 11.7 Å². The Morgan fingerprint density at radius 3 is 2.67 bits per heavy atom. The van der Waals surface area contributed by atoms with E-state index in [1.807, 2.05) is 0 Å². The minimum absolute atomic E-state index is 0.165. The van der Waals surface area contributed by atoms with Crippen molar-refractivity contribution < 1.29 is 14.9 Å². The molecule has 2 unspecified atom stereocenters. The molecule has 0 aliphatic carbocycles. The van der Waals surface area contributed by atoms with Gasteiger partial charge in [-0.15, -0.1) is 4.37 Å². The highest BCUT2D eigenvalue weighted by atomic mass is 32.1. The third-order valence-electron chi connectivity index (χ3n) is 2.27. The van der Waals surface area contributed by atoms with Crippen molar-refractivity contribution >= 4 is 11.7 Å². The van der Waals surface area contributed by atoms with Gasteiger partial charge in [-0.3, -0.25) is 0 Å². The Morgan fingerprint density at radius 2 is 2.06 bits per heavy atom. The van der Waals surface area contributed by atoms with E-state index in [9.17, 15) is 10.2 Å². The lowest BCUT2D eigenvalue weighted by atomic mass is 10.1. The van der Waals surface area contributed by atoms with Crippen LogP contribution in [0.15, 0.2) is 6.20 Å². The average Bonchev–Trinajstić information content (AvgIpc) is 2.78. The average molecular weight is 275 g/mol. The molecule has 18 heavy (non-hydrogen) atoms. The van der Waals surface area contributed by atoms with Gasteiger partial charge >= 0.3 is 0 Å². The quantitative estimate of drug-likeness (QED) is 0.600. The molecule has 1 heterocycles. The van der Waals surface area contributed by atoms with Crippen LogP contribution in [0.5, 0.6) is 5.88 Å². The number of aliphatic hydroxyl groups excluding tert-OH is 2. The SMILES string of the molecule is CC(C)CC(O)CNCC(O)COc1cnsn1. The summed E-state index contributed by atoms with van der Waals surface area (Å²) in [5.41, 5.74) is 0. The Morgan fingerprint density at radius 1 is 1.33 bits per heavy atom. The molecule has 0 bridgehead atoms.